The highest BCUT2D eigenvalue weighted by Crippen LogP contribution is 2.31. The highest BCUT2D eigenvalue weighted by molar-refractivity contribution is 7.89. The summed E-state index contributed by atoms with van der Waals surface area (Å²) in [6.45, 7) is 0.248. The molecule has 0 bridgehead atoms. The molecule has 2 N–H and O–H groups in total. The summed E-state index contributed by atoms with van der Waals surface area (Å²) < 4.78 is 65.1. The van der Waals surface area contributed by atoms with Gasteiger partial charge in [-0.3, -0.25) is 0 Å². The van der Waals surface area contributed by atoms with Gasteiger partial charge in [-0.1, -0.05) is 36.4 Å². The van der Waals surface area contributed by atoms with Crippen LogP contribution in [0.25, 0.3) is 0 Å². The minimum atomic E-state index is -4.60. The molecule has 0 saturated heterocycles. The van der Waals surface area contributed by atoms with Gasteiger partial charge in [-0.25, -0.2) is 8.42 Å². The number of alkyl halides is 3. The van der Waals surface area contributed by atoms with Crippen molar-refractivity contribution < 1.29 is 21.6 Å². The molecule has 26 heavy (non-hydrogen) atoms. The lowest BCUT2D eigenvalue weighted by molar-refractivity contribution is -0.137. The first-order chi connectivity index (χ1) is 11.7. The molecule has 0 saturated carbocycles. The summed E-state index contributed by atoms with van der Waals surface area (Å²) in [6.07, 6.45) is -4.16. The molecule has 2 aromatic rings. The Morgan fingerprint density at radius 2 is 1.62 bits per heavy atom. The summed E-state index contributed by atoms with van der Waals surface area (Å²) in [5.74, 6) is 0. The van der Waals surface area contributed by atoms with E-state index in [1.165, 1.54) is 0 Å². The van der Waals surface area contributed by atoms with E-state index in [1.807, 2.05) is 30.3 Å². The monoisotopic (exact) mass is 408 g/mol. The molecule has 0 spiro atoms. The Labute approximate surface area is 157 Å². The summed E-state index contributed by atoms with van der Waals surface area (Å²) in [7, 11) is -4.06. The zero-order valence-corrected chi connectivity index (χ0v) is 15.4. The highest BCUT2D eigenvalue weighted by Gasteiger charge is 2.32. The minimum absolute atomic E-state index is 0. The molecular weight excluding hydrogens is 389 g/mol. The SMILES string of the molecule is Cl.NCCN(CCc1ccccc1)S(=O)(=O)c1cccc(C(F)(F)F)c1. The van der Waals surface area contributed by atoms with E-state index >= 15 is 0 Å². The van der Waals surface area contributed by atoms with Crippen LogP contribution >= 0.6 is 12.4 Å². The maximum absolute atomic E-state index is 12.8. The number of nitrogens with two attached hydrogens (primary N) is 1. The molecule has 0 heterocycles. The number of hydrogen-bond acceptors (Lipinski definition) is 3. The second kappa shape index (κ2) is 9.36. The Balaban J connectivity index is 0.00000338. The number of nitrogens with zero attached hydrogens (tertiary/aromatic N) is 1. The predicted octanol–water partition coefficient (Wildman–Crippen LogP) is 3.32. The van der Waals surface area contributed by atoms with Crippen LogP contribution in [0.3, 0.4) is 0 Å². The van der Waals surface area contributed by atoms with Gasteiger partial charge < -0.3 is 5.73 Å². The van der Waals surface area contributed by atoms with E-state index in [0.29, 0.717) is 12.5 Å². The molecule has 0 aliphatic carbocycles. The third-order valence-electron chi connectivity index (χ3n) is 3.67. The summed E-state index contributed by atoms with van der Waals surface area (Å²) in [5.41, 5.74) is 5.42. The van der Waals surface area contributed by atoms with Gasteiger partial charge in [0.1, 0.15) is 0 Å². The fraction of sp³-hybridized carbons (Fsp3) is 0.294. The van der Waals surface area contributed by atoms with E-state index in [2.05, 4.69) is 0 Å². The molecule has 0 aliphatic rings. The van der Waals surface area contributed by atoms with Gasteiger partial charge in [0.2, 0.25) is 10.0 Å². The van der Waals surface area contributed by atoms with Crippen LogP contribution in [0.4, 0.5) is 13.2 Å². The summed E-state index contributed by atoms with van der Waals surface area (Å²) in [5, 5.41) is 0. The Morgan fingerprint density at radius 3 is 2.19 bits per heavy atom. The Hall–Kier alpha value is -1.61. The highest BCUT2D eigenvalue weighted by atomic mass is 35.5. The molecule has 0 radical (unpaired) electrons. The van der Waals surface area contributed by atoms with E-state index in [4.69, 9.17) is 5.73 Å². The van der Waals surface area contributed by atoms with Crippen LogP contribution < -0.4 is 5.73 Å². The quantitative estimate of drug-likeness (QED) is 0.764. The standard InChI is InChI=1S/C17H19F3N2O2S.ClH/c18-17(19,20)15-7-4-8-16(13-15)25(23,24)22(12-10-21)11-9-14-5-2-1-3-6-14;/h1-8,13H,9-12,21H2;1H. The number of sulfonamides is 1. The Bertz CT molecular complexity index is 799. The normalized spacial score (nSPS) is 12.0. The van der Waals surface area contributed by atoms with Gasteiger partial charge in [0, 0.05) is 19.6 Å². The van der Waals surface area contributed by atoms with Gasteiger partial charge in [0.05, 0.1) is 10.5 Å². The van der Waals surface area contributed by atoms with Gasteiger partial charge in [-0.2, -0.15) is 17.5 Å². The predicted molar refractivity (Wildman–Crippen MR) is 96.7 cm³/mol. The van der Waals surface area contributed by atoms with Crippen LogP contribution in [-0.2, 0) is 22.6 Å². The Kier molecular flexibility index (Phi) is 8.08. The largest absolute Gasteiger partial charge is 0.416 e. The fourth-order valence-corrected chi connectivity index (χ4v) is 3.88. The number of benzene rings is 2. The van der Waals surface area contributed by atoms with Crippen molar-refractivity contribution in [1.29, 1.82) is 0 Å². The van der Waals surface area contributed by atoms with Crippen molar-refractivity contribution >= 4 is 22.4 Å². The fourth-order valence-electron chi connectivity index (χ4n) is 2.38. The minimum Gasteiger partial charge on any atom is -0.329 e. The molecule has 144 valence electrons. The van der Waals surface area contributed by atoms with Crippen molar-refractivity contribution in [3.8, 4) is 0 Å². The van der Waals surface area contributed by atoms with Crippen molar-refractivity contribution in [1.82, 2.24) is 4.31 Å². The van der Waals surface area contributed by atoms with Crippen molar-refractivity contribution in [2.45, 2.75) is 17.5 Å². The lowest BCUT2D eigenvalue weighted by Crippen LogP contribution is -2.37. The van der Waals surface area contributed by atoms with Crippen LogP contribution in [0.2, 0.25) is 0 Å². The lowest BCUT2D eigenvalue weighted by atomic mass is 10.1. The maximum Gasteiger partial charge on any atom is 0.416 e. The number of rotatable bonds is 7. The van der Waals surface area contributed by atoms with Crippen LogP contribution in [-0.4, -0.2) is 32.4 Å². The Morgan fingerprint density at radius 1 is 0.962 bits per heavy atom. The molecule has 0 fully saturated rings. The first kappa shape index (κ1) is 22.4. The van der Waals surface area contributed by atoms with Crippen molar-refractivity contribution in [3.05, 3.63) is 65.7 Å². The molecule has 0 atom stereocenters. The maximum atomic E-state index is 12.8. The second-order valence-electron chi connectivity index (χ2n) is 5.45. The van der Waals surface area contributed by atoms with Crippen molar-refractivity contribution in [2.75, 3.05) is 19.6 Å². The molecule has 2 rings (SSSR count). The zero-order valence-electron chi connectivity index (χ0n) is 13.8. The third-order valence-corrected chi connectivity index (χ3v) is 5.56. The van der Waals surface area contributed by atoms with E-state index in [-0.39, 0.29) is 36.9 Å². The molecule has 9 heteroatoms. The topological polar surface area (TPSA) is 63.4 Å². The van der Waals surface area contributed by atoms with Crippen LogP contribution in [0.15, 0.2) is 59.5 Å². The first-order valence-electron chi connectivity index (χ1n) is 7.66. The first-order valence-corrected chi connectivity index (χ1v) is 9.10. The summed E-state index contributed by atoms with van der Waals surface area (Å²) >= 11 is 0. The lowest BCUT2D eigenvalue weighted by Gasteiger charge is -2.22. The second-order valence-corrected chi connectivity index (χ2v) is 7.39. The number of halogens is 4. The van der Waals surface area contributed by atoms with Gasteiger partial charge in [0.15, 0.2) is 0 Å². The molecular formula is C17H20ClF3N2O2S. The van der Waals surface area contributed by atoms with Crippen molar-refractivity contribution in [3.63, 3.8) is 0 Å². The summed E-state index contributed by atoms with van der Waals surface area (Å²) in [6, 6.07) is 13.0. The van der Waals surface area contributed by atoms with E-state index in [9.17, 15) is 21.6 Å². The molecule has 0 unspecified atom stereocenters. The van der Waals surface area contributed by atoms with Gasteiger partial charge in [-0.15, -0.1) is 12.4 Å². The third kappa shape index (κ3) is 5.70. The zero-order chi connectivity index (χ0) is 18.5. The van der Waals surface area contributed by atoms with Crippen molar-refractivity contribution in [2.24, 2.45) is 5.73 Å². The molecule has 2 aromatic carbocycles. The average Bonchev–Trinajstić information content (AvgIpc) is 2.58. The van der Waals surface area contributed by atoms with Gasteiger partial charge in [-0.05, 0) is 30.2 Å². The van der Waals surface area contributed by atoms with Crippen LogP contribution in [0.5, 0.6) is 0 Å². The molecule has 4 nitrogen and oxygen atoms in total. The van der Waals surface area contributed by atoms with Crippen LogP contribution in [0, 0.1) is 0 Å². The average molecular weight is 409 g/mol. The van der Waals surface area contributed by atoms with Gasteiger partial charge >= 0.3 is 6.18 Å². The van der Waals surface area contributed by atoms with E-state index < -0.39 is 21.8 Å². The summed E-state index contributed by atoms with van der Waals surface area (Å²) in [4.78, 5) is -0.385. The molecule has 0 aromatic heterocycles. The molecule has 0 aliphatic heterocycles. The smallest absolute Gasteiger partial charge is 0.329 e. The van der Waals surface area contributed by atoms with Crippen LogP contribution in [0.1, 0.15) is 11.1 Å². The van der Waals surface area contributed by atoms with E-state index in [0.717, 1.165) is 28.1 Å². The van der Waals surface area contributed by atoms with Gasteiger partial charge in [0.25, 0.3) is 0 Å². The number of hydrogen-bond donors (Lipinski definition) is 1. The molecule has 0 amide bonds. The van der Waals surface area contributed by atoms with E-state index in [1.54, 1.807) is 0 Å².